The molecule has 0 aromatic rings. The van der Waals surface area contributed by atoms with Crippen LogP contribution >= 0.6 is 0 Å². The van der Waals surface area contributed by atoms with Gasteiger partial charge in [0.1, 0.15) is 17.3 Å². The van der Waals surface area contributed by atoms with Gasteiger partial charge in [0.2, 0.25) is 0 Å². The first kappa shape index (κ1) is 27.4. The molecule has 6 fully saturated rings. The van der Waals surface area contributed by atoms with Gasteiger partial charge in [-0.2, -0.15) is 0 Å². The van der Waals surface area contributed by atoms with Crippen LogP contribution in [0.15, 0.2) is 0 Å². The van der Waals surface area contributed by atoms with Gasteiger partial charge >= 0.3 is 5.97 Å². The van der Waals surface area contributed by atoms with Crippen LogP contribution in [-0.2, 0) is 28.5 Å². The number of ether oxygens (including phenoxy) is 5. The molecule has 0 amide bonds. The van der Waals surface area contributed by atoms with Crippen LogP contribution < -0.4 is 0 Å². The molecule has 9 heteroatoms. The predicted molar refractivity (Wildman–Crippen MR) is 137 cm³/mol. The van der Waals surface area contributed by atoms with E-state index < -0.39 is 34.7 Å². The van der Waals surface area contributed by atoms with Crippen LogP contribution in [-0.4, -0.2) is 111 Å². The topological polar surface area (TPSA) is 107 Å². The molecule has 7 bridgehead atoms. The number of rotatable bonds is 8. The highest BCUT2D eigenvalue weighted by atomic mass is 16.6. The highest BCUT2D eigenvalue weighted by Gasteiger charge is 2.91. The van der Waals surface area contributed by atoms with Gasteiger partial charge in [-0.3, -0.25) is 9.69 Å². The largest absolute Gasteiger partial charge is 0.461 e. The molecular formula is C29H47NO8. The Hall–Kier alpha value is -0.810. The zero-order chi connectivity index (χ0) is 27.4. The summed E-state index contributed by atoms with van der Waals surface area (Å²) in [4.78, 5) is 15.4. The van der Waals surface area contributed by atoms with Gasteiger partial charge in [0.05, 0.1) is 36.9 Å². The summed E-state index contributed by atoms with van der Waals surface area (Å²) < 4.78 is 30.9. The third kappa shape index (κ3) is 2.85. The molecule has 0 aromatic heterocycles. The second kappa shape index (κ2) is 8.84. The zero-order valence-corrected chi connectivity index (χ0v) is 24.0. The first-order valence-corrected chi connectivity index (χ1v) is 14.5. The second-order valence-electron chi connectivity index (χ2n) is 13.5. The van der Waals surface area contributed by atoms with E-state index in [2.05, 4.69) is 11.8 Å². The monoisotopic (exact) mass is 537 g/mol. The maximum absolute atomic E-state index is 13.2. The van der Waals surface area contributed by atoms with Gasteiger partial charge in [0.15, 0.2) is 0 Å². The average Bonchev–Trinajstić information content (AvgIpc) is 3.28. The molecule has 1 aliphatic heterocycles. The molecule has 1 spiro atoms. The third-order valence-corrected chi connectivity index (χ3v) is 12.2. The number of piperidine rings is 1. The van der Waals surface area contributed by atoms with E-state index in [-0.39, 0.29) is 59.7 Å². The van der Waals surface area contributed by atoms with Crippen LogP contribution in [0.3, 0.4) is 0 Å². The lowest BCUT2D eigenvalue weighted by atomic mass is 9.42. The van der Waals surface area contributed by atoms with Crippen molar-refractivity contribution in [2.75, 3.05) is 48.1 Å². The third-order valence-electron chi connectivity index (χ3n) is 12.2. The Balaban J connectivity index is 1.63. The van der Waals surface area contributed by atoms with E-state index in [1.807, 2.05) is 13.8 Å². The number of aliphatic hydroxyl groups is 2. The molecule has 13 atom stereocenters. The van der Waals surface area contributed by atoms with E-state index in [4.69, 9.17) is 23.7 Å². The Morgan fingerprint density at radius 3 is 2.42 bits per heavy atom. The Labute approximate surface area is 226 Å². The highest BCUT2D eigenvalue weighted by Crippen LogP contribution is 2.80. The smallest absolute Gasteiger partial charge is 0.308 e. The first-order valence-electron chi connectivity index (χ1n) is 14.5. The molecule has 6 aliphatic rings. The number of likely N-dealkylation sites (tertiary alicyclic amines) is 1. The highest BCUT2D eigenvalue weighted by molar-refractivity contribution is 5.72. The summed E-state index contributed by atoms with van der Waals surface area (Å²) >= 11 is 0. The number of hydrogen-bond acceptors (Lipinski definition) is 9. The number of carbonyl (C=O) groups excluding carboxylic acids is 1. The standard InChI is InChI=1S/C29H47NO8/c1-8-30-13-26(14-34-4)10-9-19(36-6)28-17-11-16-18(35-5)12-27(32,20(17)21(16)38-24(31)15(2)3)29(33,25(28)30)23(37-7)22(26)28/h15-23,25,32-33H,8-14H2,1-7H3/t16-,17-,18+,19+,20-,21+,22-,23+,25?,26+,27-,28+,29-/m1/s1. The summed E-state index contributed by atoms with van der Waals surface area (Å²) in [6.07, 6.45) is 1.17. The Morgan fingerprint density at radius 2 is 1.84 bits per heavy atom. The maximum Gasteiger partial charge on any atom is 0.308 e. The summed E-state index contributed by atoms with van der Waals surface area (Å²) in [5.74, 6) is -1.16. The number of methoxy groups -OCH3 is 4. The molecule has 1 heterocycles. The van der Waals surface area contributed by atoms with Gasteiger partial charge in [0.25, 0.3) is 0 Å². The SMILES string of the molecule is CCN1C[C@]2(COC)CC[C@H](OC)[C@]34C1[C@](O)([C@@H](OC)[C@H]23)[C@@]1(O)C[C@H](OC)[C@H]2C[C@@H]4[C@@H]1[C@H]2OC(=O)C(C)C. The Kier molecular flexibility index (Phi) is 6.37. The maximum atomic E-state index is 13.2. The zero-order valence-electron chi connectivity index (χ0n) is 24.0. The molecule has 5 saturated carbocycles. The second-order valence-corrected chi connectivity index (χ2v) is 13.5. The summed E-state index contributed by atoms with van der Waals surface area (Å²) in [6.45, 7) is 7.86. The van der Waals surface area contributed by atoms with Gasteiger partial charge in [-0.15, -0.1) is 0 Å². The summed E-state index contributed by atoms with van der Waals surface area (Å²) in [7, 11) is 6.86. The van der Waals surface area contributed by atoms with Crippen molar-refractivity contribution in [2.24, 2.45) is 40.4 Å². The van der Waals surface area contributed by atoms with Crippen molar-refractivity contribution >= 4 is 5.97 Å². The molecule has 6 rings (SSSR count). The van der Waals surface area contributed by atoms with E-state index in [9.17, 15) is 15.0 Å². The summed E-state index contributed by atoms with van der Waals surface area (Å²) in [6, 6.07) is -0.354. The summed E-state index contributed by atoms with van der Waals surface area (Å²) in [5.41, 5.74) is -3.91. The van der Waals surface area contributed by atoms with E-state index in [1.54, 1.807) is 28.4 Å². The molecule has 38 heavy (non-hydrogen) atoms. The van der Waals surface area contributed by atoms with Crippen molar-refractivity contribution < 1.29 is 38.7 Å². The van der Waals surface area contributed by atoms with E-state index >= 15 is 0 Å². The predicted octanol–water partition coefficient (Wildman–Crippen LogP) is 1.48. The molecule has 0 radical (unpaired) electrons. The van der Waals surface area contributed by atoms with E-state index in [0.29, 0.717) is 6.61 Å². The molecule has 9 nitrogen and oxygen atoms in total. The van der Waals surface area contributed by atoms with Crippen LogP contribution in [0.2, 0.25) is 0 Å². The molecule has 1 unspecified atom stereocenters. The number of hydrogen-bond donors (Lipinski definition) is 2. The fourth-order valence-electron chi connectivity index (χ4n) is 11.4. The molecule has 5 aliphatic carbocycles. The Bertz CT molecular complexity index is 963. The normalized spacial score (nSPS) is 54.4. The van der Waals surface area contributed by atoms with Crippen LogP contribution in [0.4, 0.5) is 0 Å². The first-order chi connectivity index (χ1) is 18.1. The number of nitrogens with zero attached hydrogens (tertiary/aromatic N) is 1. The molecule has 0 aromatic carbocycles. The van der Waals surface area contributed by atoms with Gasteiger partial charge in [-0.1, -0.05) is 20.8 Å². The molecule has 1 saturated heterocycles. The van der Waals surface area contributed by atoms with Crippen molar-refractivity contribution in [3.05, 3.63) is 0 Å². The van der Waals surface area contributed by atoms with Gasteiger partial charge in [-0.25, -0.2) is 0 Å². The van der Waals surface area contributed by atoms with Gasteiger partial charge in [0, 0.05) is 70.0 Å². The molecule has 2 N–H and O–H groups in total. The van der Waals surface area contributed by atoms with Crippen LogP contribution in [0.5, 0.6) is 0 Å². The Morgan fingerprint density at radius 1 is 1.11 bits per heavy atom. The van der Waals surface area contributed by atoms with Crippen molar-refractivity contribution in [3.8, 4) is 0 Å². The lowest BCUT2D eigenvalue weighted by Gasteiger charge is -2.70. The lowest BCUT2D eigenvalue weighted by molar-refractivity contribution is -0.319. The minimum Gasteiger partial charge on any atom is -0.461 e. The van der Waals surface area contributed by atoms with Gasteiger partial charge < -0.3 is 33.9 Å². The quantitative estimate of drug-likeness (QED) is 0.445. The number of carbonyl (C=O) groups is 1. The van der Waals surface area contributed by atoms with Gasteiger partial charge in [-0.05, 0) is 31.7 Å². The number of fused-ring (bicyclic) bond motifs is 2. The van der Waals surface area contributed by atoms with Crippen molar-refractivity contribution in [1.29, 1.82) is 0 Å². The lowest BCUT2D eigenvalue weighted by Crippen LogP contribution is -2.82. The molecular weight excluding hydrogens is 490 g/mol. The van der Waals surface area contributed by atoms with Crippen LogP contribution in [0, 0.1) is 40.4 Å². The average molecular weight is 538 g/mol. The van der Waals surface area contributed by atoms with Crippen LogP contribution in [0.25, 0.3) is 0 Å². The summed E-state index contributed by atoms with van der Waals surface area (Å²) in [5, 5.41) is 26.3. The van der Waals surface area contributed by atoms with E-state index in [0.717, 1.165) is 32.4 Å². The van der Waals surface area contributed by atoms with Crippen molar-refractivity contribution in [3.63, 3.8) is 0 Å². The van der Waals surface area contributed by atoms with Crippen LogP contribution in [0.1, 0.15) is 46.5 Å². The van der Waals surface area contributed by atoms with Crippen molar-refractivity contribution in [2.45, 2.75) is 88.1 Å². The number of esters is 1. The van der Waals surface area contributed by atoms with E-state index in [1.165, 1.54) is 0 Å². The minimum atomic E-state index is -1.60. The fraction of sp³-hybridized carbons (Fsp3) is 0.966. The fourth-order valence-corrected chi connectivity index (χ4v) is 11.4. The molecule has 216 valence electrons. The number of likely N-dealkylation sites (N-methyl/N-ethyl adjacent to an activating group) is 1. The van der Waals surface area contributed by atoms with Crippen molar-refractivity contribution in [1.82, 2.24) is 4.90 Å². The minimum absolute atomic E-state index is 0.0335.